The largest absolute Gasteiger partial charge is 0.349 e. The predicted molar refractivity (Wildman–Crippen MR) is 164 cm³/mol. The smallest absolute Gasteiger partial charge is 0.268 e. The number of likely N-dealkylation sites (tertiary alicyclic amines) is 1. The van der Waals surface area contributed by atoms with E-state index in [2.05, 4.69) is 112 Å². The lowest BCUT2D eigenvalue weighted by Gasteiger charge is -2.27. The van der Waals surface area contributed by atoms with Crippen molar-refractivity contribution in [2.24, 2.45) is 0 Å². The maximum absolute atomic E-state index is 14.4. The van der Waals surface area contributed by atoms with Crippen LogP contribution in [0.2, 0.25) is 0 Å². The molecule has 1 amide bonds. The third kappa shape index (κ3) is 5.45. The molecule has 1 aromatic heterocycles. The number of hydrogen-bond acceptors (Lipinski definition) is 3. The molecule has 40 heavy (non-hydrogen) atoms. The summed E-state index contributed by atoms with van der Waals surface area (Å²) in [6.07, 6.45) is 6.14. The molecule has 2 fully saturated rings. The van der Waals surface area contributed by atoms with E-state index < -0.39 is 0 Å². The average molecular weight is 535 g/mol. The fourth-order valence-corrected chi connectivity index (χ4v) is 6.95. The quantitative estimate of drug-likeness (QED) is 0.263. The molecule has 5 nitrogen and oxygen atoms in total. The fraction of sp³-hybridized carbons (Fsp3) is 0.400. The maximum atomic E-state index is 14.4. The van der Waals surface area contributed by atoms with Crippen molar-refractivity contribution in [1.29, 1.82) is 0 Å². The second-order valence-electron chi connectivity index (χ2n) is 11.5. The molecule has 2 atom stereocenters. The minimum absolute atomic E-state index is 0.0323. The molecule has 4 aromatic rings. The average Bonchev–Trinajstić information content (AvgIpc) is 3.66. The predicted octanol–water partition coefficient (Wildman–Crippen LogP) is 6.35. The number of nitrogens with zero attached hydrogens (tertiary/aromatic N) is 2. The number of benzene rings is 3. The lowest BCUT2D eigenvalue weighted by Crippen LogP contribution is -2.39. The van der Waals surface area contributed by atoms with Crippen LogP contribution in [0.25, 0.3) is 10.9 Å². The molecule has 208 valence electrons. The first-order chi connectivity index (χ1) is 19.7. The molecule has 0 spiro atoms. The van der Waals surface area contributed by atoms with Crippen LogP contribution in [0.15, 0.2) is 84.9 Å². The minimum Gasteiger partial charge on any atom is -0.349 e. The van der Waals surface area contributed by atoms with Gasteiger partial charge in [-0.05, 0) is 69.4 Å². The number of amides is 1. The Morgan fingerprint density at radius 3 is 2.17 bits per heavy atom. The van der Waals surface area contributed by atoms with Crippen LogP contribution in [0, 0.1) is 0 Å². The van der Waals surface area contributed by atoms with Crippen LogP contribution >= 0.6 is 0 Å². The number of piperidine rings is 1. The highest BCUT2D eigenvalue weighted by Crippen LogP contribution is 2.42. The van der Waals surface area contributed by atoms with Crippen LogP contribution < -0.4 is 10.6 Å². The van der Waals surface area contributed by atoms with Gasteiger partial charge in [0.15, 0.2) is 0 Å². The summed E-state index contributed by atoms with van der Waals surface area (Å²) in [6.45, 7) is 7.16. The number of fused-ring (bicyclic) bond motifs is 1. The van der Waals surface area contributed by atoms with Crippen LogP contribution in [0.1, 0.15) is 78.2 Å². The van der Waals surface area contributed by atoms with E-state index in [1.165, 1.54) is 36.8 Å². The highest BCUT2D eigenvalue weighted by atomic mass is 16.2. The van der Waals surface area contributed by atoms with Gasteiger partial charge < -0.3 is 20.1 Å². The van der Waals surface area contributed by atoms with E-state index in [9.17, 15) is 4.79 Å². The Balaban J connectivity index is 1.49. The monoisotopic (exact) mass is 534 g/mol. The summed E-state index contributed by atoms with van der Waals surface area (Å²) in [5, 5.41) is 8.24. The Hall–Kier alpha value is -3.41. The summed E-state index contributed by atoms with van der Waals surface area (Å²) < 4.78 is 2.35. The summed E-state index contributed by atoms with van der Waals surface area (Å²) in [4.78, 5) is 16.9. The molecule has 2 N–H and O–H groups in total. The first kappa shape index (κ1) is 26.8. The second-order valence-corrected chi connectivity index (χ2v) is 11.5. The Morgan fingerprint density at radius 2 is 1.52 bits per heavy atom. The molecule has 3 heterocycles. The van der Waals surface area contributed by atoms with Gasteiger partial charge in [0, 0.05) is 47.6 Å². The zero-order valence-corrected chi connectivity index (χ0v) is 23.7. The standard InChI is InChI=1S/C35H42N4O/c1-26(30-19-13-21-36-30)39-31-20-10-9-18-29(31)33(34(39)35(40)37-22-25-38-23-11-4-12-24-38)32(27-14-5-2-6-15-27)28-16-7-3-8-17-28/h2-3,5-10,14-18,20,26,30,32,36H,4,11-13,19,21-25H2,1H3,(H,37,40). The molecule has 2 saturated heterocycles. The van der Waals surface area contributed by atoms with Crippen molar-refractivity contribution in [3.8, 4) is 0 Å². The molecule has 2 aliphatic rings. The van der Waals surface area contributed by atoms with E-state index >= 15 is 0 Å². The number of para-hydroxylation sites is 1. The van der Waals surface area contributed by atoms with Gasteiger partial charge in [-0.15, -0.1) is 0 Å². The summed E-state index contributed by atoms with van der Waals surface area (Å²) in [7, 11) is 0. The Labute approximate surface area is 238 Å². The molecular weight excluding hydrogens is 492 g/mol. The van der Waals surface area contributed by atoms with Crippen molar-refractivity contribution >= 4 is 16.8 Å². The van der Waals surface area contributed by atoms with Gasteiger partial charge in [0.25, 0.3) is 5.91 Å². The lowest BCUT2D eigenvalue weighted by atomic mass is 9.83. The van der Waals surface area contributed by atoms with Crippen molar-refractivity contribution in [3.63, 3.8) is 0 Å². The first-order valence-electron chi connectivity index (χ1n) is 15.2. The first-order valence-corrected chi connectivity index (χ1v) is 15.2. The Bertz CT molecular complexity index is 1360. The third-order valence-electron chi connectivity index (χ3n) is 8.97. The number of rotatable bonds is 9. The van der Waals surface area contributed by atoms with Gasteiger partial charge in [-0.2, -0.15) is 0 Å². The molecule has 0 saturated carbocycles. The molecular formula is C35H42N4O. The fourth-order valence-electron chi connectivity index (χ4n) is 6.95. The van der Waals surface area contributed by atoms with Gasteiger partial charge in [0.1, 0.15) is 5.69 Å². The Morgan fingerprint density at radius 1 is 0.875 bits per heavy atom. The highest BCUT2D eigenvalue weighted by molar-refractivity contribution is 6.03. The third-order valence-corrected chi connectivity index (χ3v) is 8.97. The number of hydrogen-bond donors (Lipinski definition) is 2. The minimum atomic E-state index is -0.0554. The van der Waals surface area contributed by atoms with E-state index in [1.807, 2.05) is 0 Å². The van der Waals surface area contributed by atoms with Crippen molar-refractivity contribution in [2.75, 3.05) is 32.7 Å². The van der Waals surface area contributed by atoms with Gasteiger partial charge >= 0.3 is 0 Å². The molecule has 0 radical (unpaired) electrons. The maximum Gasteiger partial charge on any atom is 0.268 e. The number of aromatic nitrogens is 1. The molecule has 6 rings (SSSR count). The van der Waals surface area contributed by atoms with Crippen molar-refractivity contribution in [2.45, 2.75) is 57.0 Å². The van der Waals surface area contributed by atoms with Gasteiger partial charge in [0.05, 0.1) is 0 Å². The lowest BCUT2D eigenvalue weighted by molar-refractivity contribution is 0.0934. The van der Waals surface area contributed by atoms with Gasteiger partial charge in [0.2, 0.25) is 0 Å². The van der Waals surface area contributed by atoms with Crippen LogP contribution in [-0.4, -0.2) is 54.1 Å². The number of carbonyl (C=O) groups is 1. The van der Waals surface area contributed by atoms with Crippen LogP contribution in [0.4, 0.5) is 0 Å². The summed E-state index contributed by atoms with van der Waals surface area (Å²) in [5.41, 5.74) is 5.44. The summed E-state index contributed by atoms with van der Waals surface area (Å²) in [5.74, 6) is -0.0231. The summed E-state index contributed by atoms with van der Waals surface area (Å²) >= 11 is 0. The SMILES string of the molecule is CC(C1CCCN1)n1c(C(=O)NCCN2CCCCC2)c(C(c2ccccc2)c2ccccc2)c2ccccc21. The Kier molecular flexibility index (Phi) is 8.31. The van der Waals surface area contributed by atoms with Crippen LogP contribution in [-0.2, 0) is 0 Å². The van der Waals surface area contributed by atoms with E-state index in [0.29, 0.717) is 12.6 Å². The zero-order chi connectivity index (χ0) is 27.3. The van der Waals surface area contributed by atoms with Gasteiger partial charge in [-0.1, -0.05) is 85.3 Å². The van der Waals surface area contributed by atoms with Gasteiger partial charge in [-0.25, -0.2) is 0 Å². The zero-order valence-electron chi connectivity index (χ0n) is 23.7. The van der Waals surface area contributed by atoms with E-state index in [1.54, 1.807) is 0 Å². The number of carbonyl (C=O) groups excluding carboxylic acids is 1. The number of nitrogens with one attached hydrogen (secondary N) is 2. The second kappa shape index (κ2) is 12.4. The van der Waals surface area contributed by atoms with Crippen LogP contribution in [0.3, 0.4) is 0 Å². The van der Waals surface area contributed by atoms with Crippen molar-refractivity contribution in [3.05, 3.63) is 107 Å². The van der Waals surface area contributed by atoms with E-state index in [0.717, 1.165) is 54.8 Å². The van der Waals surface area contributed by atoms with Crippen molar-refractivity contribution < 1.29 is 4.79 Å². The molecule has 2 aliphatic heterocycles. The molecule has 0 bridgehead atoms. The van der Waals surface area contributed by atoms with Gasteiger partial charge in [-0.3, -0.25) is 4.79 Å². The molecule has 5 heteroatoms. The molecule has 0 aliphatic carbocycles. The highest BCUT2D eigenvalue weighted by Gasteiger charge is 2.34. The van der Waals surface area contributed by atoms with E-state index in [4.69, 9.17) is 0 Å². The topological polar surface area (TPSA) is 49.3 Å². The summed E-state index contributed by atoms with van der Waals surface area (Å²) in [6, 6.07) is 30.5. The van der Waals surface area contributed by atoms with E-state index in [-0.39, 0.29) is 17.9 Å². The molecule has 2 unspecified atom stereocenters. The molecule has 3 aromatic carbocycles. The normalized spacial score (nSPS) is 18.8. The van der Waals surface area contributed by atoms with Crippen molar-refractivity contribution in [1.82, 2.24) is 20.1 Å². The van der Waals surface area contributed by atoms with Crippen LogP contribution in [0.5, 0.6) is 0 Å².